The number of hydrogen-bond donors (Lipinski definition) is 4. The highest BCUT2D eigenvalue weighted by Crippen LogP contribution is 2.38. The molecule has 238 valence electrons. The van der Waals surface area contributed by atoms with Crippen LogP contribution in [0.25, 0.3) is 0 Å². The van der Waals surface area contributed by atoms with Crippen LogP contribution in [0.2, 0.25) is 5.02 Å². The molecule has 1 fully saturated rings. The molecule has 4 amide bonds. The maximum atomic E-state index is 15.5. The van der Waals surface area contributed by atoms with E-state index in [9.17, 15) is 24.0 Å². The zero-order valence-corrected chi connectivity index (χ0v) is 25.5. The number of rotatable bonds is 14. The number of carbonyl (C=O) groups excluding carboxylic acids is 5. The van der Waals surface area contributed by atoms with E-state index in [1.54, 1.807) is 37.3 Å². The van der Waals surface area contributed by atoms with Gasteiger partial charge in [0.1, 0.15) is 6.04 Å². The van der Waals surface area contributed by atoms with E-state index in [1.165, 1.54) is 32.0 Å². The Morgan fingerprint density at radius 2 is 1.75 bits per heavy atom. The van der Waals surface area contributed by atoms with Gasteiger partial charge < -0.3 is 26.0 Å². The number of ketones is 1. The SMILES string of the molecule is CCNC(=O)C(=O)[C@H](C[C@@H]1CCNC1=O)NC(=O)[C@H](Cc1ccccc1)NC(=O)OC(C(C)C)C(F)(F)c1cccc(Cl)c1. The molecule has 0 spiro atoms. The fraction of sp³-hybridized carbons (Fsp3) is 0.452. The third-order valence-corrected chi connectivity index (χ3v) is 7.41. The number of alkyl carbamates (subject to hydrolysis) is 1. The number of amides is 4. The van der Waals surface area contributed by atoms with Crippen LogP contribution in [0.3, 0.4) is 0 Å². The Morgan fingerprint density at radius 1 is 1.05 bits per heavy atom. The zero-order chi connectivity index (χ0) is 32.4. The number of alkyl halides is 2. The lowest BCUT2D eigenvalue weighted by Gasteiger charge is -2.31. The maximum Gasteiger partial charge on any atom is 0.408 e. The van der Waals surface area contributed by atoms with Crippen molar-refractivity contribution in [1.82, 2.24) is 21.3 Å². The highest BCUT2D eigenvalue weighted by Gasteiger charge is 2.46. The van der Waals surface area contributed by atoms with E-state index in [1.807, 2.05) is 0 Å². The van der Waals surface area contributed by atoms with Crippen LogP contribution in [-0.4, -0.2) is 60.9 Å². The van der Waals surface area contributed by atoms with Crippen molar-refractivity contribution in [2.24, 2.45) is 11.8 Å². The van der Waals surface area contributed by atoms with Crippen LogP contribution in [0.1, 0.15) is 44.7 Å². The molecule has 4 atom stereocenters. The van der Waals surface area contributed by atoms with Crippen molar-refractivity contribution in [3.8, 4) is 0 Å². The van der Waals surface area contributed by atoms with E-state index in [0.29, 0.717) is 18.5 Å². The Kier molecular flexibility index (Phi) is 12.2. The first-order valence-corrected chi connectivity index (χ1v) is 14.8. The molecule has 1 unspecified atom stereocenters. The summed E-state index contributed by atoms with van der Waals surface area (Å²) in [6, 6.07) is 10.8. The van der Waals surface area contributed by atoms with Crippen LogP contribution in [-0.2, 0) is 36.3 Å². The molecular formula is C31H37ClF2N4O6. The molecule has 0 aromatic heterocycles. The monoisotopic (exact) mass is 634 g/mol. The number of ether oxygens (including phenoxy) is 1. The molecule has 1 heterocycles. The first kappa shape index (κ1) is 34.4. The van der Waals surface area contributed by atoms with Gasteiger partial charge in [0, 0.05) is 36.0 Å². The van der Waals surface area contributed by atoms with Crippen molar-refractivity contribution in [1.29, 1.82) is 0 Å². The normalized spacial score (nSPS) is 16.8. The summed E-state index contributed by atoms with van der Waals surface area (Å²) in [4.78, 5) is 64.3. The van der Waals surface area contributed by atoms with Gasteiger partial charge in [-0.15, -0.1) is 0 Å². The topological polar surface area (TPSA) is 143 Å². The predicted molar refractivity (Wildman–Crippen MR) is 159 cm³/mol. The molecule has 4 N–H and O–H groups in total. The van der Waals surface area contributed by atoms with Gasteiger partial charge in [0.05, 0.1) is 6.04 Å². The van der Waals surface area contributed by atoms with Gasteiger partial charge >= 0.3 is 12.0 Å². The zero-order valence-electron chi connectivity index (χ0n) is 24.7. The van der Waals surface area contributed by atoms with Gasteiger partial charge in [-0.25, -0.2) is 4.79 Å². The van der Waals surface area contributed by atoms with E-state index < -0.39 is 65.2 Å². The van der Waals surface area contributed by atoms with Crippen molar-refractivity contribution in [3.63, 3.8) is 0 Å². The van der Waals surface area contributed by atoms with Gasteiger partial charge in [0.2, 0.25) is 17.6 Å². The van der Waals surface area contributed by atoms with Crippen LogP contribution >= 0.6 is 11.6 Å². The molecule has 13 heteroatoms. The molecule has 0 aliphatic carbocycles. The molecule has 0 bridgehead atoms. The minimum absolute atomic E-state index is 0.0838. The highest BCUT2D eigenvalue weighted by atomic mass is 35.5. The Labute approximate surface area is 259 Å². The minimum atomic E-state index is -3.63. The number of Topliss-reactive ketones (excluding diaryl/α,β-unsaturated/α-hetero) is 1. The number of nitrogens with one attached hydrogen (secondary N) is 4. The third-order valence-electron chi connectivity index (χ3n) is 7.17. The molecule has 1 saturated heterocycles. The predicted octanol–water partition coefficient (Wildman–Crippen LogP) is 3.51. The van der Waals surface area contributed by atoms with Gasteiger partial charge in [-0.3, -0.25) is 19.2 Å². The molecule has 0 saturated carbocycles. The van der Waals surface area contributed by atoms with E-state index >= 15 is 8.78 Å². The Balaban J connectivity index is 1.84. The number of hydrogen-bond acceptors (Lipinski definition) is 6. The average molecular weight is 635 g/mol. The second kappa shape index (κ2) is 15.6. The Hall–Kier alpha value is -4.06. The van der Waals surface area contributed by atoms with Crippen molar-refractivity contribution < 1.29 is 37.5 Å². The fourth-order valence-electron chi connectivity index (χ4n) is 4.90. The number of carbonyl (C=O) groups is 5. The van der Waals surface area contributed by atoms with Crippen molar-refractivity contribution in [2.45, 2.75) is 64.1 Å². The van der Waals surface area contributed by atoms with Gasteiger partial charge in [-0.05, 0) is 43.4 Å². The van der Waals surface area contributed by atoms with Crippen LogP contribution in [0.15, 0.2) is 54.6 Å². The summed E-state index contributed by atoms with van der Waals surface area (Å²) in [5.74, 6) is -8.16. The summed E-state index contributed by atoms with van der Waals surface area (Å²) in [6.45, 7) is 5.09. The van der Waals surface area contributed by atoms with E-state index in [0.717, 1.165) is 6.07 Å². The highest BCUT2D eigenvalue weighted by molar-refractivity contribution is 6.38. The van der Waals surface area contributed by atoms with E-state index in [4.69, 9.17) is 16.3 Å². The molecule has 1 aliphatic rings. The lowest BCUT2D eigenvalue weighted by Crippen LogP contribution is -2.55. The Morgan fingerprint density at radius 3 is 2.34 bits per heavy atom. The summed E-state index contributed by atoms with van der Waals surface area (Å²) < 4.78 is 36.3. The van der Waals surface area contributed by atoms with E-state index in [-0.39, 0.29) is 30.3 Å². The molecule has 3 rings (SSSR count). The van der Waals surface area contributed by atoms with Crippen LogP contribution < -0.4 is 21.3 Å². The lowest BCUT2D eigenvalue weighted by molar-refractivity contribution is -0.141. The van der Waals surface area contributed by atoms with Crippen LogP contribution in [0, 0.1) is 11.8 Å². The quantitative estimate of drug-likeness (QED) is 0.234. The first-order valence-electron chi connectivity index (χ1n) is 14.4. The molecule has 44 heavy (non-hydrogen) atoms. The average Bonchev–Trinajstić information content (AvgIpc) is 3.39. The summed E-state index contributed by atoms with van der Waals surface area (Å²) in [5.41, 5.74) is 0.164. The first-order chi connectivity index (χ1) is 20.8. The Bertz CT molecular complexity index is 1340. The molecular weight excluding hydrogens is 598 g/mol. The third kappa shape index (κ3) is 9.22. The number of likely N-dealkylation sites (N-methyl/N-ethyl adjacent to an activating group) is 1. The fourth-order valence-corrected chi connectivity index (χ4v) is 5.09. The molecule has 2 aromatic carbocycles. The van der Waals surface area contributed by atoms with Crippen molar-refractivity contribution in [2.75, 3.05) is 13.1 Å². The molecule has 0 radical (unpaired) electrons. The summed E-state index contributed by atoms with van der Waals surface area (Å²) >= 11 is 5.91. The summed E-state index contributed by atoms with van der Waals surface area (Å²) in [6.07, 6.45) is -3.04. The minimum Gasteiger partial charge on any atom is -0.439 e. The van der Waals surface area contributed by atoms with Crippen LogP contribution in [0.5, 0.6) is 0 Å². The van der Waals surface area contributed by atoms with Crippen LogP contribution in [0.4, 0.5) is 13.6 Å². The van der Waals surface area contributed by atoms with E-state index in [2.05, 4.69) is 21.3 Å². The van der Waals surface area contributed by atoms with Gasteiger partial charge in [-0.2, -0.15) is 8.78 Å². The number of halogens is 3. The lowest BCUT2D eigenvalue weighted by atomic mass is 9.94. The van der Waals surface area contributed by atoms with Crippen molar-refractivity contribution >= 4 is 41.2 Å². The molecule has 2 aromatic rings. The second-order valence-electron chi connectivity index (χ2n) is 10.9. The largest absolute Gasteiger partial charge is 0.439 e. The van der Waals surface area contributed by atoms with Gasteiger partial charge in [-0.1, -0.05) is 67.9 Å². The smallest absolute Gasteiger partial charge is 0.408 e. The van der Waals surface area contributed by atoms with Gasteiger partial charge in [0.25, 0.3) is 5.91 Å². The molecule has 1 aliphatic heterocycles. The maximum absolute atomic E-state index is 15.5. The number of benzene rings is 2. The van der Waals surface area contributed by atoms with Crippen molar-refractivity contribution in [3.05, 3.63) is 70.7 Å². The summed E-state index contributed by atoms with van der Waals surface area (Å²) in [5, 5.41) is 9.99. The second-order valence-corrected chi connectivity index (χ2v) is 11.3. The summed E-state index contributed by atoms with van der Waals surface area (Å²) in [7, 11) is 0. The van der Waals surface area contributed by atoms with Gasteiger partial charge in [0.15, 0.2) is 6.10 Å². The standard InChI is InChI=1S/C31H37ClF2N4O6/c1-4-35-29(42)25(39)23(16-20-13-14-36-27(20)40)37-28(41)24(15-19-9-6-5-7-10-19)38-30(43)44-26(18(2)3)31(33,34)21-11-8-12-22(32)17-21/h5-12,17-18,20,23-24,26H,4,13-16H2,1-3H3,(H,35,42)(H,36,40)(H,37,41)(H,38,43)/t20-,23-,24-,26?/m0/s1. The molecule has 10 nitrogen and oxygen atoms in total.